The van der Waals surface area contributed by atoms with Crippen molar-refractivity contribution in [1.29, 1.82) is 0 Å². The summed E-state index contributed by atoms with van der Waals surface area (Å²) in [6.07, 6.45) is 0.795. The average molecular weight is 437 g/mol. The van der Waals surface area contributed by atoms with Gasteiger partial charge in [-0.3, -0.25) is 0 Å². The van der Waals surface area contributed by atoms with E-state index in [0.29, 0.717) is 0 Å². The summed E-state index contributed by atoms with van der Waals surface area (Å²) in [6.45, 7) is 8.60. The minimum atomic E-state index is -3.12. The highest BCUT2D eigenvalue weighted by Gasteiger charge is 2.49. The molecule has 3 heteroatoms. The maximum atomic E-state index is 7.14. The molecule has 32 heavy (non-hydrogen) atoms. The Labute approximate surface area is 191 Å². The third-order valence-corrected chi connectivity index (χ3v) is 9.34. The number of rotatable bonds is 2. The van der Waals surface area contributed by atoms with Crippen molar-refractivity contribution in [1.82, 2.24) is 0 Å². The quantitative estimate of drug-likeness (QED) is 0.384. The second-order valence-electron chi connectivity index (χ2n) is 8.87. The Kier molecular flexibility index (Phi) is 5.14. The Morgan fingerprint density at radius 2 is 0.969 bits per heavy atom. The largest absolute Gasteiger partial charge is 0.531 e. The van der Waals surface area contributed by atoms with E-state index >= 15 is 0 Å². The van der Waals surface area contributed by atoms with E-state index in [2.05, 4.69) is 100 Å². The van der Waals surface area contributed by atoms with Gasteiger partial charge in [-0.15, -0.1) is 0 Å². The van der Waals surface area contributed by atoms with Gasteiger partial charge in [-0.05, 0) is 49.9 Å². The van der Waals surface area contributed by atoms with Gasteiger partial charge in [-0.2, -0.15) is 0 Å². The van der Waals surface area contributed by atoms with Gasteiger partial charge in [0.2, 0.25) is 0 Å². The van der Waals surface area contributed by atoms with Crippen molar-refractivity contribution < 1.29 is 8.85 Å². The zero-order chi connectivity index (χ0) is 22.3. The van der Waals surface area contributed by atoms with E-state index in [0.717, 1.165) is 39.4 Å². The fourth-order valence-electron chi connectivity index (χ4n) is 4.87. The predicted octanol–water partition coefficient (Wildman–Crippen LogP) is 5.54. The fourth-order valence-corrected chi connectivity index (χ4v) is 8.14. The van der Waals surface area contributed by atoms with Gasteiger partial charge < -0.3 is 8.85 Å². The molecule has 0 unspecified atom stereocenters. The molecule has 5 rings (SSSR count). The summed E-state index contributed by atoms with van der Waals surface area (Å²) in [5.41, 5.74) is 7.26. The van der Waals surface area contributed by atoms with Gasteiger partial charge in [0.15, 0.2) is 0 Å². The van der Waals surface area contributed by atoms with Crippen LogP contribution >= 0.6 is 0 Å². The zero-order valence-electron chi connectivity index (χ0n) is 19.1. The van der Waals surface area contributed by atoms with E-state index in [-0.39, 0.29) is 0 Å². The van der Waals surface area contributed by atoms with Crippen LogP contribution in [0.4, 0.5) is 0 Å². The standard InChI is InChI=1S/C29H28O2Si/c1-20-15-22(3)28-24(17-20)19-25-18-21(2)16-23(4)29(25)31-32(30-28,26-11-7-5-8-12-26)27-13-9-6-10-14-27/h5-18H,19H2,1-4H3. The summed E-state index contributed by atoms with van der Waals surface area (Å²) in [7, 11) is -3.12. The van der Waals surface area contributed by atoms with Crippen LogP contribution in [0.5, 0.6) is 11.5 Å². The number of hydrogen-bond donors (Lipinski definition) is 0. The lowest BCUT2D eigenvalue weighted by Gasteiger charge is -2.36. The van der Waals surface area contributed by atoms with Gasteiger partial charge in [0.05, 0.1) is 0 Å². The Morgan fingerprint density at radius 1 is 0.562 bits per heavy atom. The third-order valence-electron chi connectivity index (χ3n) is 6.17. The predicted molar refractivity (Wildman–Crippen MR) is 134 cm³/mol. The Balaban J connectivity index is 1.87. The smallest absolute Gasteiger partial charge is 0.505 e. The average Bonchev–Trinajstić information content (AvgIpc) is 2.77. The van der Waals surface area contributed by atoms with E-state index in [1.807, 2.05) is 12.1 Å². The molecule has 0 aromatic heterocycles. The number of fused-ring (bicyclic) bond motifs is 2. The van der Waals surface area contributed by atoms with Gasteiger partial charge >= 0.3 is 8.56 Å². The third kappa shape index (κ3) is 3.53. The Hall–Kier alpha value is -3.30. The first kappa shape index (κ1) is 20.6. The van der Waals surface area contributed by atoms with Crippen molar-refractivity contribution in [2.24, 2.45) is 0 Å². The van der Waals surface area contributed by atoms with Crippen LogP contribution in [0.1, 0.15) is 33.4 Å². The van der Waals surface area contributed by atoms with Gasteiger partial charge in [0.25, 0.3) is 0 Å². The van der Waals surface area contributed by atoms with Crippen LogP contribution in [-0.4, -0.2) is 8.56 Å². The first-order chi connectivity index (χ1) is 15.5. The molecule has 0 spiro atoms. The van der Waals surface area contributed by atoms with Crippen LogP contribution in [-0.2, 0) is 6.42 Å². The van der Waals surface area contributed by atoms with Gasteiger partial charge in [-0.25, -0.2) is 0 Å². The molecule has 0 amide bonds. The number of benzene rings is 4. The molecular weight excluding hydrogens is 408 g/mol. The topological polar surface area (TPSA) is 18.5 Å². The molecule has 0 atom stereocenters. The van der Waals surface area contributed by atoms with Crippen LogP contribution < -0.4 is 19.2 Å². The maximum Gasteiger partial charge on any atom is 0.531 e. The monoisotopic (exact) mass is 436 g/mol. The maximum absolute atomic E-state index is 7.14. The number of aryl methyl sites for hydroxylation is 4. The summed E-state index contributed by atoms with van der Waals surface area (Å²) in [5.74, 6) is 1.92. The lowest BCUT2D eigenvalue weighted by molar-refractivity contribution is 0.403. The molecule has 4 aromatic rings. The Bertz CT molecular complexity index is 1180. The fraction of sp³-hybridized carbons (Fsp3) is 0.172. The van der Waals surface area contributed by atoms with Gasteiger partial charge in [-0.1, -0.05) is 96.1 Å². The summed E-state index contributed by atoms with van der Waals surface area (Å²) in [4.78, 5) is 0. The highest BCUT2D eigenvalue weighted by atomic mass is 28.4. The second-order valence-corrected chi connectivity index (χ2v) is 11.7. The first-order valence-corrected chi connectivity index (χ1v) is 13.0. The normalized spacial score (nSPS) is 14.2. The van der Waals surface area contributed by atoms with Crippen LogP contribution in [0.25, 0.3) is 0 Å². The molecule has 1 aliphatic rings. The highest BCUT2D eigenvalue weighted by Crippen LogP contribution is 2.38. The minimum absolute atomic E-state index is 0.795. The van der Waals surface area contributed by atoms with Crippen molar-refractivity contribution in [2.75, 3.05) is 0 Å². The molecule has 0 N–H and O–H groups in total. The van der Waals surface area contributed by atoms with Crippen molar-refractivity contribution in [3.63, 3.8) is 0 Å². The molecule has 1 heterocycles. The molecule has 0 bridgehead atoms. The molecule has 1 aliphatic heterocycles. The SMILES string of the molecule is Cc1cc(C)c2c(c1)Cc1cc(C)cc(C)c1O[Si](c1ccccc1)(c1ccccc1)O2. The first-order valence-electron chi connectivity index (χ1n) is 11.2. The van der Waals surface area contributed by atoms with Crippen molar-refractivity contribution >= 4 is 18.9 Å². The molecule has 0 fully saturated rings. The summed E-state index contributed by atoms with van der Waals surface area (Å²) >= 11 is 0. The summed E-state index contributed by atoms with van der Waals surface area (Å²) in [6, 6.07) is 29.9. The van der Waals surface area contributed by atoms with E-state index in [4.69, 9.17) is 8.85 Å². The van der Waals surface area contributed by atoms with E-state index < -0.39 is 8.56 Å². The molecular formula is C29H28O2Si. The van der Waals surface area contributed by atoms with E-state index in [9.17, 15) is 0 Å². The van der Waals surface area contributed by atoms with Gasteiger partial charge in [0, 0.05) is 16.8 Å². The zero-order valence-corrected chi connectivity index (χ0v) is 20.1. The minimum Gasteiger partial charge on any atom is -0.505 e. The lowest BCUT2D eigenvalue weighted by Crippen LogP contribution is -2.68. The summed E-state index contributed by atoms with van der Waals surface area (Å²) in [5, 5.41) is 2.20. The molecule has 0 saturated heterocycles. The van der Waals surface area contributed by atoms with Crippen molar-refractivity contribution in [3.05, 3.63) is 118 Å². The van der Waals surface area contributed by atoms with Crippen molar-refractivity contribution in [2.45, 2.75) is 34.1 Å². The van der Waals surface area contributed by atoms with Gasteiger partial charge in [0.1, 0.15) is 11.5 Å². The van der Waals surface area contributed by atoms with Crippen LogP contribution in [0.15, 0.2) is 84.9 Å². The molecule has 0 saturated carbocycles. The highest BCUT2D eigenvalue weighted by molar-refractivity contribution is 6.93. The van der Waals surface area contributed by atoms with E-state index in [1.165, 1.54) is 22.3 Å². The number of hydrogen-bond acceptors (Lipinski definition) is 2. The molecule has 4 aromatic carbocycles. The Morgan fingerprint density at radius 3 is 1.38 bits per heavy atom. The van der Waals surface area contributed by atoms with Crippen LogP contribution in [0, 0.1) is 27.7 Å². The van der Waals surface area contributed by atoms with Crippen LogP contribution in [0.2, 0.25) is 0 Å². The molecule has 160 valence electrons. The molecule has 0 aliphatic carbocycles. The molecule has 2 nitrogen and oxygen atoms in total. The van der Waals surface area contributed by atoms with Crippen LogP contribution in [0.3, 0.4) is 0 Å². The van der Waals surface area contributed by atoms with Crippen molar-refractivity contribution in [3.8, 4) is 11.5 Å². The van der Waals surface area contributed by atoms with E-state index in [1.54, 1.807) is 0 Å². The summed E-state index contributed by atoms with van der Waals surface area (Å²) < 4.78 is 14.3. The lowest BCUT2D eigenvalue weighted by atomic mass is 9.96. The second kappa shape index (κ2) is 7.99. The molecule has 0 radical (unpaired) electrons.